The minimum atomic E-state index is 0.324. The standard InChI is InChI=1S/C16H18N2/c1-12(2)16-17-14-10-6-7-11-15(14)18(16)13-8-4-3-5-9-13/h3-12,16-17H,1-2H3. The lowest BCUT2D eigenvalue weighted by Crippen LogP contribution is -2.36. The molecule has 1 heterocycles. The number of para-hydroxylation sites is 3. The molecule has 0 saturated heterocycles. The first-order valence-electron chi connectivity index (χ1n) is 6.47. The molecule has 2 aromatic rings. The summed E-state index contributed by atoms with van der Waals surface area (Å²) in [6.07, 6.45) is 0.324. The number of hydrogen-bond donors (Lipinski definition) is 1. The number of nitrogens with one attached hydrogen (secondary N) is 1. The summed E-state index contributed by atoms with van der Waals surface area (Å²) < 4.78 is 0. The van der Waals surface area contributed by atoms with Crippen LogP contribution in [0.5, 0.6) is 0 Å². The Bertz CT molecular complexity index is 534. The highest BCUT2D eigenvalue weighted by atomic mass is 15.3. The van der Waals surface area contributed by atoms with Gasteiger partial charge in [-0.25, -0.2) is 0 Å². The van der Waals surface area contributed by atoms with Gasteiger partial charge in [0.15, 0.2) is 0 Å². The average molecular weight is 238 g/mol. The van der Waals surface area contributed by atoms with Gasteiger partial charge in [-0.15, -0.1) is 0 Å². The number of anilines is 3. The smallest absolute Gasteiger partial charge is 0.106 e. The third kappa shape index (κ3) is 1.74. The van der Waals surface area contributed by atoms with Crippen molar-refractivity contribution in [2.45, 2.75) is 20.0 Å². The number of hydrogen-bond acceptors (Lipinski definition) is 2. The minimum Gasteiger partial charge on any atom is -0.363 e. The lowest BCUT2D eigenvalue weighted by Gasteiger charge is -2.29. The van der Waals surface area contributed by atoms with E-state index in [0.29, 0.717) is 12.1 Å². The van der Waals surface area contributed by atoms with Crippen LogP contribution in [0.2, 0.25) is 0 Å². The minimum absolute atomic E-state index is 0.324. The fourth-order valence-electron chi connectivity index (χ4n) is 2.53. The summed E-state index contributed by atoms with van der Waals surface area (Å²) in [5.41, 5.74) is 3.73. The number of fused-ring (bicyclic) bond motifs is 1. The van der Waals surface area contributed by atoms with Crippen molar-refractivity contribution in [3.8, 4) is 0 Å². The van der Waals surface area contributed by atoms with Gasteiger partial charge in [0.2, 0.25) is 0 Å². The van der Waals surface area contributed by atoms with Crippen molar-refractivity contribution >= 4 is 17.1 Å². The van der Waals surface area contributed by atoms with E-state index in [1.165, 1.54) is 17.1 Å². The van der Waals surface area contributed by atoms with Gasteiger partial charge in [0.05, 0.1) is 11.4 Å². The first-order chi connectivity index (χ1) is 8.77. The summed E-state index contributed by atoms with van der Waals surface area (Å²) in [5, 5.41) is 3.61. The van der Waals surface area contributed by atoms with Crippen LogP contribution in [0.1, 0.15) is 13.8 Å². The predicted octanol–water partition coefficient (Wildman–Crippen LogP) is 4.23. The number of nitrogens with zero attached hydrogens (tertiary/aromatic N) is 1. The number of rotatable bonds is 2. The van der Waals surface area contributed by atoms with Crippen LogP contribution in [0.3, 0.4) is 0 Å². The zero-order valence-corrected chi connectivity index (χ0v) is 10.8. The molecule has 2 heteroatoms. The van der Waals surface area contributed by atoms with Gasteiger partial charge in [-0.05, 0) is 30.2 Å². The van der Waals surface area contributed by atoms with Crippen LogP contribution in [-0.4, -0.2) is 6.17 Å². The second kappa shape index (κ2) is 4.37. The molecule has 0 fully saturated rings. The molecule has 1 N–H and O–H groups in total. The Labute approximate surface area is 108 Å². The molecule has 92 valence electrons. The molecule has 0 radical (unpaired) electrons. The van der Waals surface area contributed by atoms with E-state index in [1.54, 1.807) is 0 Å². The first kappa shape index (κ1) is 11.1. The van der Waals surface area contributed by atoms with E-state index >= 15 is 0 Å². The highest BCUT2D eigenvalue weighted by molar-refractivity contribution is 5.82. The Morgan fingerprint density at radius 1 is 0.944 bits per heavy atom. The van der Waals surface area contributed by atoms with Gasteiger partial charge in [0, 0.05) is 5.69 Å². The summed E-state index contributed by atoms with van der Waals surface area (Å²) in [6.45, 7) is 4.50. The maximum atomic E-state index is 3.61. The fourth-order valence-corrected chi connectivity index (χ4v) is 2.53. The Balaban J connectivity index is 2.09. The van der Waals surface area contributed by atoms with Crippen LogP contribution < -0.4 is 10.2 Å². The predicted molar refractivity (Wildman–Crippen MR) is 77.3 cm³/mol. The molecule has 1 aliphatic rings. The molecule has 2 nitrogen and oxygen atoms in total. The normalized spacial score (nSPS) is 17.7. The summed E-state index contributed by atoms with van der Waals surface area (Å²) >= 11 is 0. The maximum absolute atomic E-state index is 3.61. The summed E-state index contributed by atoms with van der Waals surface area (Å²) in [6, 6.07) is 19.1. The summed E-state index contributed by atoms with van der Waals surface area (Å²) in [5.74, 6) is 0.539. The topological polar surface area (TPSA) is 15.3 Å². The molecule has 2 aromatic carbocycles. The van der Waals surface area contributed by atoms with E-state index < -0.39 is 0 Å². The van der Waals surface area contributed by atoms with Gasteiger partial charge in [0.25, 0.3) is 0 Å². The molecule has 0 saturated carbocycles. The lowest BCUT2D eigenvalue weighted by atomic mass is 10.1. The molecular formula is C16H18N2. The second-order valence-corrected chi connectivity index (χ2v) is 5.06. The van der Waals surface area contributed by atoms with Crippen molar-refractivity contribution in [2.75, 3.05) is 10.2 Å². The molecule has 0 aromatic heterocycles. The third-order valence-electron chi connectivity index (χ3n) is 3.41. The van der Waals surface area contributed by atoms with Crippen molar-refractivity contribution < 1.29 is 0 Å². The van der Waals surface area contributed by atoms with E-state index in [0.717, 1.165) is 0 Å². The van der Waals surface area contributed by atoms with Gasteiger partial charge in [-0.2, -0.15) is 0 Å². The molecule has 0 spiro atoms. The Kier molecular flexibility index (Phi) is 2.71. The Hall–Kier alpha value is -1.96. The molecule has 3 rings (SSSR count). The van der Waals surface area contributed by atoms with Gasteiger partial charge >= 0.3 is 0 Å². The highest BCUT2D eigenvalue weighted by Gasteiger charge is 2.31. The van der Waals surface area contributed by atoms with Crippen LogP contribution in [0.4, 0.5) is 17.1 Å². The Morgan fingerprint density at radius 2 is 1.61 bits per heavy atom. The van der Waals surface area contributed by atoms with Gasteiger partial charge in [0.1, 0.15) is 6.17 Å². The SMILES string of the molecule is CC(C)C1Nc2ccccc2N1c1ccccc1. The maximum Gasteiger partial charge on any atom is 0.106 e. The van der Waals surface area contributed by atoms with Crippen molar-refractivity contribution in [1.29, 1.82) is 0 Å². The largest absolute Gasteiger partial charge is 0.363 e. The molecule has 0 bridgehead atoms. The van der Waals surface area contributed by atoms with Crippen LogP contribution >= 0.6 is 0 Å². The van der Waals surface area contributed by atoms with Gasteiger partial charge < -0.3 is 10.2 Å². The summed E-state index contributed by atoms with van der Waals surface area (Å²) in [7, 11) is 0. The lowest BCUT2D eigenvalue weighted by molar-refractivity contribution is 0.543. The highest BCUT2D eigenvalue weighted by Crippen LogP contribution is 2.41. The molecular weight excluding hydrogens is 220 g/mol. The third-order valence-corrected chi connectivity index (χ3v) is 3.41. The van der Waals surface area contributed by atoms with Crippen LogP contribution in [0.25, 0.3) is 0 Å². The van der Waals surface area contributed by atoms with Crippen LogP contribution in [0, 0.1) is 5.92 Å². The molecule has 0 amide bonds. The van der Waals surface area contributed by atoms with Crippen molar-refractivity contribution in [3.63, 3.8) is 0 Å². The molecule has 18 heavy (non-hydrogen) atoms. The monoisotopic (exact) mass is 238 g/mol. The van der Waals surface area contributed by atoms with E-state index in [4.69, 9.17) is 0 Å². The zero-order chi connectivity index (χ0) is 12.5. The van der Waals surface area contributed by atoms with E-state index in [1.807, 2.05) is 0 Å². The van der Waals surface area contributed by atoms with Crippen molar-refractivity contribution in [1.82, 2.24) is 0 Å². The van der Waals surface area contributed by atoms with Crippen LogP contribution in [0.15, 0.2) is 54.6 Å². The van der Waals surface area contributed by atoms with Crippen LogP contribution in [-0.2, 0) is 0 Å². The Morgan fingerprint density at radius 3 is 2.33 bits per heavy atom. The number of benzene rings is 2. The van der Waals surface area contributed by atoms with Gasteiger partial charge in [-0.3, -0.25) is 0 Å². The fraction of sp³-hybridized carbons (Fsp3) is 0.250. The van der Waals surface area contributed by atoms with Crippen molar-refractivity contribution in [3.05, 3.63) is 54.6 Å². The van der Waals surface area contributed by atoms with Gasteiger partial charge in [-0.1, -0.05) is 44.2 Å². The second-order valence-electron chi connectivity index (χ2n) is 5.06. The molecule has 0 aliphatic carbocycles. The first-order valence-corrected chi connectivity index (χ1v) is 6.47. The average Bonchev–Trinajstić information content (AvgIpc) is 2.79. The van der Waals surface area contributed by atoms with E-state index in [-0.39, 0.29) is 0 Å². The van der Waals surface area contributed by atoms with E-state index in [9.17, 15) is 0 Å². The van der Waals surface area contributed by atoms with Crippen molar-refractivity contribution in [2.24, 2.45) is 5.92 Å². The summed E-state index contributed by atoms with van der Waals surface area (Å²) in [4.78, 5) is 2.39. The zero-order valence-electron chi connectivity index (χ0n) is 10.8. The quantitative estimate of drug-likeness (QED) is 0.842. The van der Waals surface area contributed by atoms with E-state index in [2.05, 4.69) is 78.7 Å². The molecule has 1 atom stereocenters. The molecule has 1 aliphatic heterocycles. The molecule has 1 unspecified atom stereocenters.